The molecule has 5 heteroatoms. The van der Waals surface area contributed by atoms with E-state index in [-0.39, 0.29) is 12.0 Å². The zero-order valence-electron chi connectivity index (χ0n) is 14.1. The van der Waals surface area contributed by atoms with Gasteiger partial charge in [-0.1, -0.05) is 13.8 Å². The number of carbonyl (C=O) groups is 1. The van der Waals surface area contributed by atoms with Crippen molar-refractivity contribution in [3.8, 4) is 0 Å². The number of hydrogen-bond donors (Lipinski definition) is 1. The molecule has 0 aliphatic carbocycles. The highest BCUT2D eigenvalue weighted by molar-refractivity contribution is 5.76. The minimum Gasteiger partial charge on any atom is -0.465 e. The van der Waals surface area contributed by atoms with Crippen molar-refractivity contribution in [2.45, 2.75) is 46.2 Å². The van der Waals surface area contributed by atoms with Crippen molar-refractivity contribution >= 4 is 5.97 Å². The zero-order valence-corrected chi connectivity index (χ0v) is 14.1. The van der Waals surface area contributed by atoms with Crippen LogP contribution in [-0.4, -0.2) is 74.7 Å². The predicted octanol–water partition coefficient (Wildman–Crippen LogP) is 1.19. The topological polar surface area (TPSA) is 44.8 Å². The Kier molecular flexibility index (Phi) is 10.7. The molecule has 0 aromatic heterocycles. The molecule has 0 saturated carbocycles. The standard InChI is InChI=1S/C15H33N3O2/c1-7-10-16-14(15(19)20-9-3)12-18(8-2)13(4)11-17(5)6/h13-14,16H,7-12H2,1-6H3. The molecule has 2 unspecified atom stereocenters. The van der Waals surface area contributed by atoms with Gasteiger partial charge in [-0.3, -0.25) is 9.69 Å². The SMILES string of the molecule is CCCNC(CN(CC)C(C)CN(C)C)C(=O)OCC. The summed E-state index contributed by atoms with van der Waals surface area (Å²) in [5.41, 5.74) is 0. The summed E-state index contributed by atoms with van der Waals surface area (Å²) in [6, 6.07) is 0.176. The molecule has 0 bridgehead atoms. The molecule has 0 rings (SSSR count). The lowest BCUT2D eigenvalue weighted by atomic mass is 10.2. The highest BCUT2D eigenvalue weighted by Gasteiger charge is 2.24. The Bertz CT molecular complexity index is 260. The molecule has 0 spiro atoms. The van der Waals surface area contributed by atoms with Crippen LogP contribution < -0.4 is 5.32 Å². The number of esters is 1. The van der Waals surface area contributed by atoms with Gasteiger partial charge in [-0.05, 0) is 47.5 Å². The van der Waals surface area contributed by atoms with E-state index in [2.05, 4.69) is 50.0 Å². The first kappa shape index (κ1) is 19.4. The second kappa shape index (κ2) is 11.1. The van der Waals surface area contributed by atoms with Crippen LogP contribution in [0.1, 0.15) is 34.1 Å². The Labute approximate surface area is 124 Å². The Morgan fingerprint density at radius 2 is 1.85 bits per heavy atom. The molecule has 0 aliphatic rings. The molecular weight excluding hydrogens is 254 g/mol. The van der Waals surface area contributed by atoms with Gasteiger partial charge in [-0.25, -0.2) is 0 Å². The van der Waals surface area contributed by atoms with Crippen molar-refractivity contribution in [1.82, 2.24) is 15.1 Å². The molecule has 20 heavy (non-hydrogen) atoms. The van der Waals surface area contributed by atoms with E-state index in [0.29, 0.717) is 19.2 Å². The Morgan fingerprint density at radius 3 is 2.30 bits per heavy atom. The first-order chi connectivity index (χ1) is 9.46. The highest BCUT2D eigenvalue weighted by Crippen LogP contribution is 2.03. The number of nitrogens with zero attached hydrogens (tertiary/aromatic N) is 2. The third kappa shape index (κ3) is 7.82. The average molecular weight is 287 g/mol. The normalized spacial score (nSPS) is 14.6. The van der Waals surface area contributed by atoms with Crippen molar-refractivity contribution in [2.75, 3.05) is 46.9 Å². The largest absolute Gasteiger partial charge is 0.465 e. The Hall–Kier alpha value is -0.650. The number of carbonyl (C=O) groups excluding carboxylic acids is 1. The zero-order chi connectivity index (χ0) is 15.5. The molecule has 2 atom stereocenters. The fraction of sp³-hybridized carbons (Fsp3) is 0.933. The van der Waals surface area contributed by atoms with Gasteiger partial charge in [-0.2, -0.15) is 0 Å². The van der Waals surface area contributed by atoms with Crippen LogP contribution in [0.15, 0.2) is 0 Å². The maximum atomic E-state index is 12.0. The minimum atomic E-state index is -0.237. The van der Waals surface area contributed by atoms with Crippen molar-refractivity contribution in [3.05, 3.63) is 0 Å². The lowest BCUT2D eigenvalue weighted by Crippen LogP contribution is -2.51. The van der Waals surface area contributed by atoms with Crippen LogP contribution in [0.25, 0.3) is 0 Å². The minimum absolute atomic E-state index is 0.142. The molecule has 0 saturated heterocycles. The van der Waals surface area contributed by atoms with Gasteiger partial charge in [0.2, 0.25) is 0 Å². The molecule has 0 fully saturated rings. The van der Waals surface area contributed by atoms with Crippen LogP contribution in [-0.2, 0) is 9.53 Å². The van der Waals surface area contributed by atoms with E-state index < -0.39 is 0 Å². The first-order valence-electron chi connectivity index (χ1n) is 7.74. The summed E-state index contributed by atoms with van der Waals surface area (Å²) in [4.78, 5) is 16.5. The van der Waals surface area contributed by atoms with Crippen molar-refractivity contribution in [3.63, 3.8) is 0 Å². The van der Waals surface area contributed by atoms with E-state index in [1.54, 1.807) is 0 Å². The van der Waals surface area contributed by atoms with E-state index >= 15 is 0 Å². The van der Waals surface area contributed by atoms with Gasteiger partial charge in [0.1, 0.15) is 6.04 Å². The third-order valence-electron chi connectivity index (χ3n) is 3.29. The quantitative estimate of drug-likeness (QED) is 0.578. The molecule has 5 nitrogen and oxygen atoms in total. The monoisotopic (exact) mass is 287 g/mol. The lowest BCUT2D eigenvalue weighted by Gasteiger charge is -2.32. The highest BCUT2D eigenvalue weighted by atomic mass is 16.5. The third-order valence-corrected chi connectivity index (χ3v) is 3.29. The van der Waals surface area contributed by atoms with Gasteiger partial charge >= 0.3 is 5.97 Å². The molecule has 0 aromatic carbocycles. The maximum absolute atomic E-state index is 12.0. The summed E-state index contributed by atoms with van der Waals surface area (Å²) >= 11 is 0. The van der Waals surface area contributed by atoms with Crippen LogP contribution in [0, 0.1) is 0 Å². The predicted molar refractivity (Wildman–Crippen MR) is 84.0 cm³/mol. The lowest BCUT2D eigenvalue weighted by molar-refractivity contribution is -0.146. The fourth-order valence-corrected chi connectivity index (χ4v) is 2.28. The fourth-order valence-electron chi connectivity index (χ4n) is 2.28. The van der Waals surface area contributed by atoms with Crippen LogP contribution >= 0.6 is 0 Å². The molecule has 120 valence electrons. The summed E-state index contributed by atoms with van der Waals surface area (Å²) in [6.45, 7) is 12.2. The van der Waals surface area contributed by atoms with E-state index in [4.69, 9.17) is 4.74 Å². The molecular formula is C15H33N3O2. The smallest absolute Gasteiger partial charge is 0.324 e. The van der Waals surface area contributed by atoms with E-state index in [1.807, 2.05) is 6.92 Å². The Morgan fingerprint density at radius 1 is 1.20 bits per heavy atom. The van der Waals surface area contributed by atoms with Gasteiger partial charge in [-0.15, -0.1) is 0 Å². The number of hydrogen-bond acceptors (Lipinski definition) is 5. The molecule has 0 amide bonds. The first-order valence-corrected chi connectivity index (χ1v) is 7.74. The number of nitrogens with one attached hydrogen (secondary N) is 1. The second-order valence-corrected chi connectivity index (χ2v) is 5.46. The summed E-state index contributed by atoms with van der Waals surface area (Å²) in [7, 11) is 4.14. The van der Waals surface area contributed by atoms with Gasteiger partial charge in [0.15, 0.2) is 0 Å². The van der Waals surface area contributed by atoms with Crippen LogP contribution in [0.2, 0.25) is 0 Å². The van der Waals surface area contributed by atoms with Gasteiger partial charge < -0.3 is 15.0 Å². The maximum Gasteiger partial charge on any atom is 0.324 e. The van der Waals surface area contributed by atoms with Gasteiger partial charge in [0.05, 0.1) is 6.61 Å². The van der Waals surface area contributed by atoms with Crippen LogP contribution in [0.3, 0.4) is 0 Å². The number of ether oxygens (including phenoxy) is 1. The van der Waals surface area contributed by atoms with E-state index in [1.165, 1.54) is 0 Å². The van der Waals surface area contributed by atoms with Crippen LogP contribution in [0.4, 0.5) is 0 Å². The average Bonchev–Trinajstić information content (AvgIpc) is 2.38. The second-order valence-electron chi connectivity index (χ2n) is 5.46. The molecule has 0 radical (unpaired) electrons. The molecule has 1 N–H and O–H groups in total. The van der Waals surface area contributed by atoms with Gasteiger partial charge in [0.25, 0.3) is 0 Å². The summed E-state index contributed by atoms with van der Waals surface area (Å²) in [5, 5.41) is 3.30. The molecule has 0 heterocycles. The molecule has 0 aliphatic heterocycles. The Balaban J connectivity index is 4.59. The summed E-state index contributed by atoms with van der Waals surface area (Å²) < 4.78 is 5.17. The van der Waals surface area contributed by atoms with Crippen molar-refractivity contribution in [1.29, 1.82) is 0 Å². The van der Waals surface area contributed by atoms with E-state index in [0.717, 1.165) is 26.1 Å². The summed E-state index contributed by atoms with van der Waals surface area (Å²) in [5.74, 6) is -0.142. The number of likely N-dealkylation sites (N-methyl/N-ethyl adjacent to an activating group) is 2. The summed E-state index contributed by atoms with van der Waals surface area (Å²) in [6.07, 6.45) is 1.01. The van der Waals surface area contributed by atoms with Gasteiger partial charge in [0, 0.05) is 19.1 Å². The van der Waals surface area contributed by atoms with Crippen LogP contribution in [0.5, 0.6) is 0 Å². The molecule has 0 aromatic rings. The number of rotatable bonds is 11. The van der Waals surface area contributed by atoms with E-state index in [9.17, 15) is 4.79 Å². The van der Waals surface area contributed by atoms with Crippen molar-refractivity contribution in [2.24, 2.45) is 0 Å². The van der Waals surface area contributed by atoms with Crippen molar-refractivity contribution < 1.29 is 9.53 Å².